The molecular formula is C6H13NO2. The molecule has 0 fully saturated rings. The van der Waals surface area contributed by atoms with Crippen LogP contribution in [0.3, 0.4) is 0 Å². The third-order valence-electron chi connectivity index (χ3n) is 1.56. The molecule has 0 rings (SSSR count). The second-order valence-corrected chi connectivity index (χ2v) is 2.24. The zero-order chi connectivity index (χ0) is 7.44. The number of nitrogens with two attached hydrogens (primary N) is 1. The Morgan fingerprint density at radius 1 is 1.56 bits per heavy atom. The Kier molecular flexibility index (Phi) is 3.42. The molecule has 0 aliphatic heterocycles. The minimum absolute atomic E-state index is 0.102. The second-order valence-electron chi connectivity index (χ2n) is 2.24. The summed E-state index contributed by atoms with van der Waals surface area (Å²) >= 11 is 0. The lowest BCUT2D eigenvalue weighted by molar-refractivity contribution is -0.124. The number of rotatable bonds is 3. The van der Waals surface area contributed by atoms with Crippen LogP contribution in [0.15, 0.2) is 0 Å². The van der Waals surface area contributed by atoms with Crippen LogP contribution >= 0.6 is 0 Å². The maximum atomic E-state index is 10.6. The topological polar surface area (TPSA) is 52.3 Å². The van der Waals surface area contributed by atoms with Crippen molar-refractivity contribution in [2.24, 2.45) is 11.8 Å². The van der Waals surface area contributed by atoms with Gasteiger partial charge in [-0.05, 0) is 13.8 Å². The van der Waals surface area contributed by atoms with E-state index < -0.39 is 0 Å². The van der Waals surface area contributed by atoms with E-state index in [0.29, 0.717) is 0 Å². The van der Waals surface area contributed by atoms with Crippen LogP contribution in [0.2, 0.25) is 0 Å². The zero-order valence-electron chi connectivity index (χ0n) is 6.05. The number of carbonyl (C=O) groups is 1. The van der Waals surface area contributed by atoms with E-state index in [-0.39, 0.29) is 17.8 Å². The van der Waals surface area contributed by atoms with E-state index in [0.717, 1.165) is 0 Å². The van der Waals surface area contributed by atoms with Crippen molar-refractivity contribution in [3.05, 3.63) is 0 Å². The molecular weight excluding hydrogens is 118 g/mol. The van der Waals surface area contributed by atoms with E-state index in [4.69, 9.17) is 5.90 Å². The van der Waals surface area contributed by atoms with Gasteiger partial charge in [-0.2, -0.15) is 0 Å². The maximum Gasteiger partial charge on any atom is 0.135 e. The predicted molar refractivity (Wildman–Crippen MR) is 34.6 cm³/mol. The van der Waals surface area contributed by atoms with Crippen molar-refractivity contribution in [1.82, 2.24) is 0 Å². The lowest BCUT2D eigenvalue weighted by atomic mass is 10.0. The summed E-state index contributed by atoms with van der Waals surface area (Å²) in [5.41, 5.74) is 0. The lowest BCUT2D eigenvalue weighted by Crippen LogP contribution is -2.26. The fourth-order valence-corrected chi connectivity index (χ4v) is 0.448. The first-order valence-electron chi connectivity index (χ1n) is 2.95. The molecule has 0 aliphatic carbocycles. The molecule has 0 aromatic heterocycles. The van der Waals surface area contributed by atoms with Crippen LogP contribution in [0.5, 0.6) is 0 Å². The molecule has 0 saturated carbocycles. The van der Waals surface area contributed by atoms with Gasteiger partial charge in [0.25, 0.3) is 0 Å². The van der Waals surface area contributed by atoms with Gasteiger partial charge in [0.05, 0.1) is 6.10 Å². The largest absolute Gasteiger partial charge is 0.301 e. The molecule has 0 radical (unpaired) electrons. The first-order chi connectivity index (χ1) is 4.09. The number of hydrogen-bond donors (Lipinski definition) is 1. The minimum Gasteiger partial charge on any atom is -0.301 e. The fraction of sp³-hybridized carbons (Fsp3) is 0.833. The summed E-state index contributed by atoms with van der Waals surface area (Å²) in [6, 6.07) is 0. The van der Waals surface area contributed by atoms with Crippen molar-refractivity contribution in [1.29, 1.82) is 0 Å². The molecule has 9 heavy (non-hydrogen) atoms. The number of carbonyl (C=O) groups excluding carboxylic acids is 1. The summed E-state index contributed by atoms with van der Waals surface area (Å²) in [7, 11) is 0. The van der Waals surface area contributed by atoms with Crippen LogP contribution in [0, 0.1) is 5.92 Å². The highest BCUT2D eigenvalue weighted by Gasteiger charge is 2.15. The van der Waals surface area contributed by atoms with E-state index in [2.05, 4.69) is 4.84 Å². The molecule has 54 valence electrons. The maximum absolute atomic E-state index is 10.6. The van der Waals surface area contributed by atoms with Crippen LogP contribution in [0.1, 0.15) is 20.8 Å². The van der Waals surface area contributed by atoms with Crippen LogP contribution in [-0.2, 0) is 9.63 Å². The van der Waals surface area contributed by atoms with Gasteiger partial charge in [0.15, 0.2) is 0 Å². The first-order valence-corrected chi connectivity index (χ1v) is 2.95. The summed E-state index contributed by atoms with van der Waals surface area (Å²) in [6.45, 7) is 5.09. The Hall–Kier alpha value is -0.410. The van der Waals surface area contributed by atoms with Crippen molar-refractivity contribution in [3.63, 3.8) is 0 Å². The molecule has 0 aromatic rings. The van der Waals surface area contributed by atoms with Crippen molar-refractivity contribution >= 4 is 5.78 Å². The monoisotopic (exact) mass is 131 g/mol. The average Bonchev–Trinajstić information content (AvgIpc) is 1.84. The quantitative estimate of drug-likeness (QED) is 0.567. The third kappa shape index (κ3) is 2.58. The SMILES string of the molecule is CC(=O)[C@@H](C)[C@@H](C)ON. The van der Waals surface area contributed by atoms with Crippen molar-refractivity contribution in [2.45, 2.75) is 26.9 Å². The van der Waals surface area contributed by atoms with E-state index in [1.807, 2.05) is 0 Å². The van der Waals surface area contributed by atoms with Gasteiger partial charge in [-0.25, -0.2) is 5.90 Å². The van der Waals surface area contributed by atoms with E-state index in [9.17, 15) is 4.79 Å². The van der Waals surface area contributed by atoms with E-state index in [1.165, 1.54) is 6.92 Å². The normalized spacial score (nSPS) is 16.9. The molecule has 3 heteroatoms. The summed E-state index contributed by atoms with van der Waals surface area (Å²) < 4.78 is 0. The average molecular weight is 131 g/mol. The van der Waals surface area contributed by atoms with Gasteiger partial charge in [0, 0.05) is 5.92 Å². The van der Waals surface area contributed by atoms with Crippen LogP contribution in [0.4, 0.5) is 0 Å². The highest BCUT2D eigenvalue weighted by Crippen LogP contribution is 2.04. The summed E-state index contributed by atoms with van der Waals surface area (Å²) in [6.07, 6.45) is -0.178. The van der Waals surface area contributed by atoms with E-state index in [1.54, 1.807) is 13.8 Å². The summed E-state index contributed by atoms with van der Waals surface area (Å²) in [5.74, 6) is 4.86. The Morgan fingerprint density at radius 3 is 2.11 bits per heavy atom. The first kappa shape index (κ1) is 8.59. The van der Waals surface area contributed by atoms with Crippen molar-refractivity contribution in [3.8, 4) is 0 Å². The summed E-state index contributed by atoms with van der Waals surface area (Å²) in [4.78, 5) is 15.1. The van der Waals surface area contributed by atoms with Crippen molar-refractivity contribution in [2.75, 3.05) is 0 Å². The standard InChI is InChI=1S/C6H13NO2/c1-4(5(2)8)6(3)9-7/h4,6H,7H2,1-3H3/t4-,6-/m1/s1. The van der Waals surface area contributed by atoms with Crippen LogP contribution in [-0.4, -0.2) is 11.9 Å². The van der Waals surface area contributed by atoms with Crippen LogP contribution in [0.25, 0.3) is 0 Å². The molecule has 0 amide bonds. The molecule has 0 saturated heterocycles. The molecule has 0 spiro atoms. The van der Waals surface area contributed by atoms with Gasteiger partial charge in [-0.3, -0.25) is 4.79 Å². The Balaban J connectivity index is 3.72. The van der Waals surface area contributed by atoms with Crippen LogP contribution < -0.4 is 5.90 Å². The Bertz CT molecular complexity index is 103. The Labute approximate surface area is 55.1 Å². The number of hydrogen-bond acceptors (Lipinski definition) is 3. The van der Waals surface area contributed by atoms with E-state index >= 15 is 0 Å². The molecule has 3 nitrogen and oxygen atoms in total. The minimum atomic E-state index is -0.178. The molecule has 2 atom stereocenters. The lowest BCUT2D eigenvalue weighted by Gasteiger charge is -2.13. The van der Waals surface area contributed by atoms with Crippen molar-refractivity contribution < 1.29 is 9.63 Å². The zero-order valence-corrected chi connectivity index (χ0v) is 6.05. The molecule has 2 N–H and O–H groups in total. The Morgan fingerprint density at radius 2 is 2.00 bits per heavy atom. The predicted octanol–water partition coefficient (Wildman–Crippen LogP) is 0.490. The van der Waals surface area contributed by atoms with Gasteiger partial charge >= 0.3 is 0 Å². The van der Waals surface area contributed by atoms with Gasteiger partial charge in [0.2, 0.25) is 0 Å². The molecule has 0 heterocycles. The number of ketones is 1. The second kappa shape index (κ2) is 3.58. The smallest absolute Gasteiger partial charge is 0.135 e. The van der Waals surface area contributed by atoms with Gasteiger partial charge in [0.1, 0.15) is 5.78 Å². The van der Waals surface area contributed by atoms with Gasteiger partial charge in [-0.1, -0.05) is 6.92 Å². The molecule has 0 bridgehead atoms. The highest BCUT2D eigenvalue weighted by molar-refractivity contribution is 5.78. The number of Topliss-reactive ketones (excluding diaryl/α,β-unsaturated/α-hetero) is 1. The van der Waals surface area contributed by atoms with Gasteiger partial charge in [-0.15, -0.1) is 0 Å². The molecule has 0 aliphatic rings. The van der Waals surface area contributed by atoms with Gasteiger partial charge < -0.3 is 4.84 Å². The highest BCUT2D eigenvalue weighted by atomic mass is 16.6. The molecule has 0 aromatic carbocycles. The fourth-order valence-electron chi connectivity index (χ4n) is 0.448. The molecule has 0 unspecified atom stereocenters. The third-order valence-corrected chi connectivity index (χ3v) is 1.56. The summed E-state index contributed by atoms with van der Waals surface area (Å²) in [5, 5.41) is 0.